The number of carbonyl (C=O) groups excluding carboxylic acids is 1. The fourth-order valence-corrected chi connectivity index (χ4v) is 2.24. The minimum atomic E-state index is -0.883. The molecule has 2 rings (SSSR count). The van der Waals surface area contributed by atoms with Gasteiger partial charge >= 0.3 is 0 Å². The maximum atomic E-state index is 11.9. The number of benzene rings is 1. The van der Waals surface area contributed by atoms with Crippen LogP contribution in [0.15, 0.2) is 34.7 Å². The normalized spacial score (nSPS) is 11.5. The molecule has 1 amide bonds. The Morgan fingerprint density at radius 1 is 1.36 bits per heavy atom. The van der Waals surface area contributed by atoms with Crippen molar-refractivity contribution in [3.05, 3.63) is 51.9 Å². The second-order valence-electron chi connectivity index (χ2n) is 4.42. The van der Waals surface area contributed by atoms with Gasteiger partial charge in [-0.05, 0) is 31.2 Å². The Balaban J connectivity index is 1.97. The first-order valence-electron chi connectivity index (χ1n) is 6.33. The maximum Gasteiger partial charge on any atom is 0.259 e. The molecule has 1 atom stereocenters. The van der Waals surface area contributed by atoms with Gasteiger partial charge < -0.3 is 14.5 Å². The third-order valence-corrected chi connectivity index (χ3v) is 3.34. The fourth-order valence-electron chi connectivity index (χ4n) is 1.74. The molecule has 5 nitrogen and oxygen atoms in total. The largest absolute Gasteiger partial charge is 0.481 e. The molecule has 22 heavy (non-hydrogen) atoms. The van der Waals surface area contributed by atoms with Crippen LogP contribution in [0.25, 0.3) is 0 Å². The van der Waals surface area contributed by atoms with E-state index in [0.717, 1.165) is 0 Å². The fraction of sp³-hybridized carbons (Fsp3) is 0.200. The Bertz CT molecular complexity index is 702. The van der Waals surface area contributed by atoms with Crippen LogP contribution in [0.5, 0.6) is 5.75 Å². The van der Waals surface area contributed by atoms with Crippen LogP contribution in [-0.2, 0) is 4.79 Å². The van der Waals surface area contributed by atoms with Gasteiger partial charge in [-0.1, -0.05) is 29.3 Å². The number of rotatable bonds is 5. The van der Waals surface area contributed by atoms with Crippen molar-refractivity contribution in [3.8, 4) is 11.8 Å². The predicted octanol–water partition coefficient (Wildman–Crippen LogP) is 3.65. The van der Waals surface area contributed by atoms with Crippen LogP contribution in [0.4, 0.5) is 0 Å². The number of amides is 1. The number of halogens is 2. The second-order valence-corrected chi connectivity index (χ2v) is 5.23. The quantitative estimate of drug-likeness (QED) is 0.902. The van der Waals surface area contributed by atoms with E-state index in [1.807, 2.05) is 6.07 Å². The van der Waals surface area contributed by atoms with Crippen molar-refractivity contribution in [1.29, 1.82) is 5.26 Å². The van der Waals surface area contributed by atoms with Crippen molar-refractivity contribution in [2.75, 3.05) is 6.61 Å². The van der Waals surface area contributed by atoms with E-state index in [2.05, 4.69) is 5.32 Å². The van der Waals surface area contributed by atoms with Crippen molar-refractivity contribution in [2.45, 2.75) is 13.0 Å². The Morgan fingerprint density at radius 3 is 2.59 bits per heavy atom. The minimum Gasteiger partial charge on any atom is -0.481 e. The Labute approximate surface area is 137 Å². The number of nitrogens with zero attached hydrogens (tertiary/aromatic N) is 1. The third kappa shape index (κ3) is 3.94. The first kappa shape index (κ1) is 16.2. The summed E-state index contributed by atoms with van der Waals surface area (Å²) in [5.41, 5.74) is 0. The zero-order valence-corrected chi connectivity index (χ0v) is 13.1. The molecule has 1 aromatic carbocycles. The SMILES string of the molecule is Cc1ccc(C(C#N)NC(=O)COc2c(Cl)cccc2Cl)o1. The second kappa shape index (κ2) is 7.21. The number of carbonyl (C=O) groups is 1. The zero-order valence-electron chi connectivity index (χ0n) is 11.6. The zero-order chi connectivity index (χ0) is 16.1. The van der Waals surface area contributed by atoms with E-state index < -0.39 is 11.9 Å². The van der Waals surface area contributed by atoms with Crippen molar-refractivity contribution >= 4 is 29.1 Å². The van der Waals surface area contributed by atoms with Crippen LogP contribution in [0.3, 0.4) is 0 Å². The van der Waals surface area contributed by atoms with Crippen LogP contribution < -0.4 is 10.1 Å². The van der Waals surface area contributed by atoms with E-state index in [1.54, 1.807) is 37.3 Å². The molecule has 7 heteroatoms. The number of nitrogens with one attached hydrogen (secondary N) is 1. The number of furan rings is 1. The number of para-hydroxylation sites is 1. The highest BCUT2D eigenvalue weighted by Crippen LogP contribution is 2.32. The Morgan fingerprint density at radius 2 is 2.05 bits per heavy atom. The highest BCUT2D eigenvalue weighted by atomic mass is 35.5. The molecule has 0 saturated carbocycles. The van der Waals surface area contributed by atoms with E-state index in [-0.39, 0.29) is 12.4 Å². The highest BCUT2D eigenvalue weighted by molar-refractivity contribution is 6.37. The molecule has 1 unspecified atom stereocenters. The summed E-state index contributed by atoms with van der Waals surface area (Å²) in [4.78, 5) is 11.9. The lowest BCUT2D eigenvalue weighted by atomic mass is 10.2. The van der Waals surface area contributed by atoms with Crippen LogP contribution in [0.1, 0.15) is 17.6 Å². The molecule has 1 N–H and O–H groups in total. The van der Waals surface area contributed by atoms with Crippen LogP contribution in [0, 0.1) is 18.3 Å². The molecule has 0 saturated heterocycles. The van der Waals surface area contributed by atoms with Gasteiger partial charge in [0.05, 0.1) is 16.1 Å². The molecule has 0 bridgehead atoms. The van der Waals surface area contributed by atoms with Gasteiger partial charge in [0.2, 0.25) is 0 Å². The van der Waals surface area contributed by atoms with Crippen LogP contribution in [0.2, 0.25) is 10.0 Å². The number of nitriles is 1. The molecule has 0 radical (unpaired) electrons. The maximum absolute atomic E-state index is 11.9. The molecule has 0 fully saturated rings. The van der Waals surface area contributed by atoms with Gasteiger partial charge in [0.1, 0.15) is 11.5 Å². The molecule has 0 aliphatic rings. The third-order valence-electron chi connectivity index (χ3n) is 2.75. The van der Waals surface area contributed by atoms with E-state index in [0.29, 0.717) is 21.6 Å². The summed E-state index contributed by atoms with van der Waals surface area (Å²) >= 11 is 11.9. The Kier molecular flexibility index (Phi) is 5.31. The van der Waals surface area contributed by atoms with Crippen molar-refractivity contribution in [2.24, 2.45) is 0 Å². The molecular weight excluding hydrogens is 327 g/mol. The number of hydrogen-bond acceptors (Lipinski definition) is 4. The Hall–Kier alpha value is -2.16. The number of aryl methyl sites for hydroxylation is 1. The smallest absolute Gasteiger partial charge is 0.259 e. The molecular formula is C15H12Cl2N2O3. The molecule has 114 valence electrons. The lowest BCUT2D eigenvalue weighted by Crippen LogP contribution is -2.31. The number of ether oxygens (including phenoxy) is 1. The van der Waals surface area contributed by atoms with Crippen molar-refractivity contribution < 1.29 is 13.9 Å². The van der Waals surface area contributed by atoms with Gasteiger partial charge in [-0.3, -0.25) is 4.79 Å². The van der Waals surface area contributed by atoms with E-state index in [1.165, 1.54) is 0 Å². The van der Waals surface area contributed by atoms with Crippen molar-refractivity contribution in [1.82, 2.24) is 5.32 Å². The lowest BCUT2D eigenvalue weighted by molar-refractivity contribution is -0.123. The lowest BCUT2D eigenvalue weighted by Gasteiger charge is -2.12. The van der Waals surface area contributed by atoms with E-state index in [9.17, 15) is 4.79 Å². The van der Waals surface area contributed by atoms with Gasteiger partial charge in [0.25, 0.3) is 5.91 Å². The van der Waals surface area contributed by atoms with Crippen molar-refractivity contribution in [3.63, 3.8) is 0 Å². The van der Waals surface area contributed by atoms with Gasteiger partial charge in [-0.15, -0.1) is 0 Å². The first-order chi connectivity index (χ1) is 10.5. The monoisotopic (exact) mass is 338 g/mol. The molecule has 0 aliphatic heterocycles. The molecule has 1 heterocycles. The molecule has 1 aromatic heterocycles. The average Bonchev–Trinajstić information content (AvgIpc) is 2.90. The summed E-state index contributed by atoms with van der Waals surface area (Å²) in [6.07, 6.45) is 0. The van der Waals surface area contributed by atoms with E-state index in [4.69, 9.17) is 37.6 Å². The minimum absolute atomic E-state index is 0.225. The summed E-state index contributed by atoms with van der Waals surface area (Å²) < 4.78 is 10.6. The molecule has 0 aliphatic carbocycles. The number of hydrogen-bond donors (Lipinski definition) is 1. The summed E-state index contributed by atoms with van der Waals surface area (Å²) in [6, 6.07) is 9.29. The average molecular weight is 339 g/mol. The topological polar surface area (TPSA) is 75.3 Å². The van der Waals surface area contributed by atoms with E-state index >= 15 is 0 Å². The van der Waals surface area contributed by atoms with Gasteiger partial charge in [-0.2, -0.15) is 5.26 Å². The summed E-state index contributed by atoms with van der Waals surface area (Å²) in [5.74, 6) is 0.757. The first-order valence-corrected chi connectivity index (χ1v) is 7.09. The highest BCUT2D eigenvalue weighted by Gasteiger charge is 2.18. The van der Waals surface area contributed by atoms with Gasteiger partial charge in [0, 0.05) is 0 Å². The molecule has 2 aromatic rings. The standard InChI is InChI=1S/C15H12Cl2N2O3/c1-9-5-6-13(22-9)12(7-18)19-14(20)8-21-15-10(16)3-2-4-11(15)17/h2-6,12H,8H2,1H3,(H,19,20). The van der Waals surface area contributed by atoms with Crippen LogP contribution in [-0.4, -0.2) is 12.5 Å². The predicted molar refractivity (Wildman–Crippen MR) is 81.9 cm³/mol. The van der Waals surface area contributed by atoms with Gasteiger partial charge in [-0.25, -0.2) is 0 Å². The van der Waals surface area contributed by atoms with Crippen LogP contribution >= 0.6 is 23.2 Å². The summed E-state index contributed by atoms with van der Waals surface area (Å²) in [6.45, 7) is 1.43. The molecule has 0 spiro atoms. The summed E-state index contributed by atoms with van der Waals surface area (Å²) in [7, 11) is 0. The van der Waals surface area contributed by atoms with Gasteiger partial charge in [0.15, 0.2) is 18.4 Å². The summed E-state index contributed by atoms with van der Waals surface area (Å²) in [5, 5.41) is 12.2.